The fourth-order valence-electron chi connectivity index (χ4n) is 2.08. The van der Waals surface area contributed by atoms with Crippen molar-refractivity contribution in [1.29, 1.82) is 0 Å². The summed E-state index contributed by atoms with van der Waals surface area (Å²) in [7, 11) is 0. The molecule has 2 rings (SSSR count). The maximum Gasteiger partial charge on any atom is 0.251 e. The molecule has 0 atom stereocenters. The van der Waals surface area contributed by atoms with Gasteiger partial charge in [0, 0.05) is 17.1 Å². The molecule has 0 aliphatic rings. The minimum Gasteiger partial charge on any atom is -0.492 e. The molecule has 0 aliphatic carbocycles. The van der Waals surface area contributed by atoms with Gasteiger partial charge in [0.05, 0.1) is 11.1 Å². The van der Waals surface area contributed by atoms with E-state index >= 15 is 0 Å². The normalized spacial score (nSPS) is 10.7. The van der Waals surface area contributed by atoms with Gasteiger partial charge in [-0.25, -0.2) is 0 Å². The zero-order valence-electron chi connectivity index (χ0n) is 13.8. The Labute approximate surface area is 156 Å². The molecule has 5 heteroatoms. The lowest BCUT2D eigenvalue weighted by Gasteiger charge is -2.11. The number of nitrogens with one attached hydrogen (secondary N) is 1. The molecule has 2 aromatic carbocycles. The first-order chi connectivity index (χ1) is 11.5. The molecule has 1 amide bonds. The average Bonchev–Trinajstić information content (AvgIpc) is 2.55. The lowest BCUT2D eigenvalue weighted by atomic mass is 10.1. The molecule has 0 saturated carbocycles. The van der Waals surface area contributed by atoms with E-state index in [-0.39, 0.29) is 5.91 Å². The van der Waals surface area contributed by atoms with Gasteiger partial charge < -0.3 is 10.1 Å². The van der Waals surface area contributed by atoms with E-state index in [1.165, 1.54) is 0 Å². The minimum atomic E-state index is -0.149. The average molecular weight is 411 g/mol. The maximum atomic E-state index is 12.3. The van der Waals surface area contributed by atoms with Crippen molar-refractivity contribution >= 4 is 33.4 Å². The molecule has 0 aliphatic heterocycles. The highest BCUT2D eigenvalue weighted by Crippen LogP contribution is 2.26. The molecule has 0 spiro atoms. The van der Waals surface area contributed by atoms with E-state index in [0.717, 1.165) is 22.2 Å². The molecule has 0 aromatic heterocycles. The second-order valence-electron chi connectivity index (χ2n) is 5.95. The van der Waals surface area contributed by atoms with Crippen LogP contribution in [-0.4, -0.2) is 12.5 Å². The van der Waals surface area contributed by atoms with Crippen LogP contribution >= 0.6 is 27.5 Å². The van der Waals surface area contributed by atoms with Crippen LogP contribution in [0.15, 0.2) is 46.9 Å². The molecule has 0 unspecified atom stereocenters. The summed E-state index contributed by atoms with van der Waals surface area (Å²) in [5.74, 6) is 1.20. The monoisotopic (exact) mass is 409 g/mol. The molecule has 3 nitrogen and oxygen atoms in total. The topological polar surface area (TPSA) is 38.3 Å². The molecule has 0 bridgehead atoms. The first kappa shape index (κ1) is 18.8. The van der Waals surface area contributed by atoms with Crippen LogP contribution in [0.1, 0.15) is 36.2 Å². The fraction of sp³-hybridized carbons (Fsp3) is 0.316. The van der Waals surface area contributed by atoms with Crippen molar-refractivity contribution < 1.29 is 9.53 Å². The Balaban J connectivity index is 1.95. The SMILES string of the molecule is CC(C)CCOc1ccc(C(=O)NCc2ccccc2Cl)cc1Br. The Morgan fingerprint density at radius 1 is 1.25 bits per heavy atom. The van der Waals surface area contributed by atoms with E-state index in [1.54, 1.807) is 12.1 Å². The van der Waals surface area contributed by atoms with E-state index in [1.807, 2.05) is 30.3 Å². The molecule has 0 heterocycles. The molecule has 24 heavy (non-hydrogen) atoms. The maximum absolute atomic E-state index is 12.3. The van der Waals surface area contributed by atoms with E-state index in [2.05, 4.69) is 35.1 Å². The summed E-state index contributed by atoms with van der Waals surface area (Å²) in [5.41, 5.74) is 1.46. The molecule has 1 N–H and O–H groups in total. The van der Waals surface area contributed by atoms with Crippen LogP contribution in [0.4, 0.5) is 0 Å². The van der Waals surface area contributed by atoms with Gasteiger partial charge in [-0.05, 0) is 58.1 Å². The third-order valence-corrected chi connectivity index (χ3v) is 4.53. The van der Waals surface area contributed by atoms with E-state index < -0.39 is 0 Å². The second kappa shape index (κ2) is 9.09. The van der Waals surface area contributed by atoms with Crippen LogP contribution in [0.3, 0.4) is 0 Å². The Morgan fingerprint density at radius 3 is 2.67 bits per heavy atom. The van der Waals surface area contributed by atoms with Crippen molar-refractivity contribution in [3.63, 3.8) is 0 Å². The number of hydrogen-bond acceptors (Lipinski definition) is 2. The second-order valence-corrected chi connectivity index (χ2v) is 7.21. The summed E-state index contributed by atoms with van der Waals surface area (Å²) >= 11 is 9.56. The van der Waals surface area contributed by atoms with Crippen LogP contribution in [0.2, 0.25) is 5.02 Å². The highest BCUT2D eigenvalue weighted by Gasteiger charge is 2.10. The summed E-state index contributed by atoms with van der Waals surface area (Å²) in [6.45, 7) is 5.37. The Morgan fingerprint density at radius 2 is 2.00 bits per heavy atom. The van der Waals surface area contributed by atoms with Gasteiger partial charge in [0.25, 0.3) is 5.91 Å². The number of amides is 1. The van der Waals surface area contributed by atoms with Crippen LogP contribution in [-0.2, 0) is 6.54 Å². The number of ether oxygens (including phenoxy) is 1. The van der Waals surface area contributed by atoms with E-state index in [0.29, 0.717) is 29.7 Å². The number of hydrogen-bond donors (Lipinski definition) is 1. The Hall–Kier alpha value is -1.52. The quantitative estimate of drug-likeness (QED) is 0.658. The van der Waals surface area contributed by atoms with Gasteiger partial charge in [-0.15, -0.1) is 0 Å². The molecule has 128 valence electrons. The van der Waals surface area contributed by atoms with E-state index in [9.17, 15) is 4.79 Å². The first-order valence-electron chi connectivity index (χ1n) is 7.91. The number of benzene rings is 2. The van der Waals surface area contributed by atoms with Gasteiger partial charge >= 0.3 is 0 Å². The smallest absolute Gasteiger partial charge is 0.251 e. The van der Waals surface area contributed by atoms with Crippen molar-refractivity contribution in [3.05, 3.63) is 63.1 Å². The predicted octanol–water partition coefficient (Wildman–Crippen LogP) is 5.46. The van der Waals surface area contributed by atoms with Crippen molar-refractivity contribution in [2.75, 3.05) is 6.61 Å². The van der Waals surface area contributed by atoms with Crippen molar-refractivity contribution in [3.8, 4) is 5.75 Å². The minimum absolute atomic E-state index is 0.149. The van der Waals surface area contributed by atoms with Gasteiger partial charge in [-0.2, -0.15) is 0 Å². The third kappa shape index (κ3) is 5.53. The summed E-state index contributed by atoms with van der Waals surface area (Å²) in [5, 5.41) is 3.52. The highest BCUT2D eigenvalue weighted by atomic mass is 79.9. The predicted molar refractivity (Wildman–Crippen MR) is 102 cm³/mol. The molecule has 0 fully saturated rings. The van der Waals surface area contributed by atoms with Crippen molar-refractivity contribution in [1.82, 2.24) is 5.32 Å². The van der Waals surface area contributed by atoms with Gasteiger partial charge in [0.2, 0.25) is 0 Å². The van der Waals surface area contributed by atoms with Crippen molar-refractivity contribution in [2.24, 2.45) is 5.92 Å². The third-order valence-electron chi connectivity index (χ3n) is 3.54. The van der Waals surface area contributed by atoms with E-state index in [4.69, 9.17) is 16.3 Å². The first-order valence-corrected chi connectivity index (χ1v) is 9.08. The van der Waals surface area contributed by atoms with Gasteiger partial charge in [0.15, 0.2) is 0 Å². The number of carbonyl (C=O) groups is 1. The summed E-state index contributed by atoms with van der Waals surface area (Å²) in [6.07, 6.45) is 0.993. The fourth-order valence-corrected chi connectivity index (χ4v) is 2.78. The van der Waals surface area contributed by atoms with Crippen LogP contribution < -0.4 is 10.1 Å². The van der Waals surface area contributed by atoms with Gasteiger partial charge in [-0.1, -0.05) is 43.6 Å². The lowest BCUT2D eigenvalue weighted by Crippen LogP contribution is -2.22. The van der Waals surface area contributed by atoms with Crippen LogP contribution in [0, 0.1) is 5.92 Å². The number of rotatable bonds is 7. The van der Waals surface area contributed by atoms with Gasteiger partial charge in [0.1, 0.15) is 5.75 Å². The molecule has 2 aromatic rings. The zero-order chi connectivity index (χ0) is 17.5. The summed E-state index contributed by atoms with van der Waals surface area (Å²) in [6, 6.07) is 12.8. The van der Waals surface area contributed by atoms with Gasteiger partial charge in [-0.3, -0.25) is 4.79 Å². The standard InChI is InChI=1S/C19H21BrClNO2/c1-13(2)9-10-24-18-8-7-14(11-16(18)20)19(23)22-12-15-5-3-4-6-17(15)21/h3-8,11,13H,9-10,12H2,1-2H3,(H,22,23). The Bertz CT molecular complexity index is 704. The molecule has 0 radical (unpaired) electrons. The molecular formula is C19H21BrClNO2. The summed E-state index contributed by atoms with van der Waals surface area (Å²) < 4.78 is 6.51. The molecule has 0 saturated heterocycles. The van der Waals surface area contributed by atoms with Crippen LogP contribution in [0.5, 0.6) is 5.75 Å². The van der Waals surface area contributed by atoms with Crippen molar-refractivity contribution in [2.45, 2.75) is 26.8 Å². The molecular weight excluding hydrogens is 390 g/mol. The zero-order valence-corrected chi connectivity index (χ0v) is 16.2. The van der Waals surface area contributed by atoms with Crippen LogP contribution in [0.25, 0.3) is 0 Å². The number of carbonyl (C=O) groups excluding carboxylic acids is 1. The highest BCUT2D eigenvalue weighted by molar-refractivity contribution is 9.10. The summed E-state index contributed by atoms with van der Waals surface area (Å²) in [4.78, 5) is 12.3. The largest absolute Gasteiger partial charge is 0.492 e. The lowest BCUT2D eigenvalue weighted by molar-refractivity contribution is 0.0951. The Kier molecular flexibility index (Phi) is 7.13. The number of halogens is 2.